The van der Waals surface area contributed by atoms with E-state index in [1.807, 2.05) is 30.3 Å². The van der Waals surface area contributed by atoms with Crippen LogP contribution in [0.2, 0.25) is 0 Å². The number of hydrogen-bond donors (Lipinski definition) is 1. The number of rotatable bonds is 2. The third-order valence-corrected chi connectivity index (χ3v) is 5.83. The van der Waals surface area contributed by atoms with Crippen molar-refractivity contribution in [3.05, 3.63) is 42.5 Å². The van der Waals surface area contributed by atoms with Crippen molar-refractivity contribution >= 4 is 20.8 Å². The SMILES string of the molecule is C[NH+]1CCN(S(=O)(=O)c2ccc3ccccc3c2)CC1. The standard InChI is InChI=1S/C15H18N2O2S/c1-16-8-10-17(11-9-16)20(18,19)15-7-6-13-4-2-3-5-14(13)12-15/h2-7,12H,8-11H2,1H3/p+1. The second-order valence-corrected chi connectivity index (χ2v) is 7.31. The van der Waals surface area contributed by atoms with Crippen LogP contribution in [-0.4, -0.2) is 45.9 Å². The van der Waals surface area contributed by atoms with Gasteiger partial charge in [-0.15, -0.1) is 0 Å². The van der Waals surface area contributed by atoms with E-state index in [-0.39, 0.29) is 0 Å². The first-order valence-corrected chi connectivity index (χ1v) is 8.32. The van der Waals surface area contributed by atoms with Crippen LogP contribution in [0.25, 0.3) is 10.8 Å². The Morgan fingerprint density at radius 1 is 1.00 bits per heavy atom. The van der Waals surface area contributed by atoms with Gasteiger partial charge in [-0.1, -0.05) is 30.3 Å². The van der Waals surface area contributed by atoms with Gasteiger partial charge in [0.25, 0.3) is 0 Å². The minimum absolute atomic E-state index is 0.399. The normalized spacial score (nSPS) is 18.4. The molecular formula is C15H19N2O2S+. The second-order valence-electron chi connectivity index (χ2n) is 5.37. The van der Waals surface area contributed by atoms with Gasteiger partial charge >= 0.3 is 0 Å². The maximum atomic E-state index is 12.7. The Morgan fingerprint density at radius 3 is 2.35 bits per heavy atom. The zero-order chi connectivity index (χ0) is 14.2. The molecule has 0 amide bonds. The summed E-state index contributed by atoms with van der Waals surface area (Å²) in [4.78, 5) is 1.78. The predicted molar refractivity (Wildman–Crippen MR) is 79.3 cm³/mol. The number of nitrogens with one attached hydrogen (secondary N) is 1. The quantitative estimate of drug-likeness (QED) is 0.868. The second kappa shape index (κ2) is 5.16. The summed E-state index contributed by atoms with van der Waals surface area (Å²) in [7, 11) is -1.26. The lowest BCUT2D eigenvalue weighted by Crippen LogP contribution is -3.12. The van der Waals surface area contributed by atoms with E-state index in [4.69, 9.17) is 0 Å². The molecule has 1 N–H and O–H groups in total. The smallest absolute Gasteiger partial charge is 0.243 e. The summed E-state index contributed by atoms with van der Waals surface area (Å²) in [6, 6.07) is 13.2. The average Bonchev–Trinajstić information content (AvgIpc) is 2.47. The van der Waals surface area contributed by atoms with E-state index in [2.05, 4.69) is 7.05 Å². The Hall–Kier alpha value is -1.43. The van der Waals surface area contributed by atoms with E-state index < -0.39 is 10.0 Å². The molecule has 2 aromatic rings. The molecule has 4 nitrogen and oxygen atoms in total. The van der Waals surface area contributed by atoms with Crippen molar-refractivity contribution in [2.24, 2.45) is 0 Å². The van der Waals surface area contributed by atoms with Gasteiger partial charge in [0, 0.05) is 0 Å². The molecule has 0 spiro atoms. The van der Waals surface area contributed by atoms with Gasteiger partial charge in [-0.3, -0.25) is 0 Å². The summed E-state index contributed by atoms with van der Waals surface area (Å²) in [5.74, 6) is 0. The van der Waals surface area contributed by atoms with Crippen molar-refractivity contribution in [3.63, 3.8) is 0 Å². The molecular weight excluding hydrogens is 272 g/mol. The van der Waals surface area contributed by atoms with Crippen LogP contribution in [0.3, 0.4) is 0 Å². The minimum Gasteiger partial charge on any atom is -0.335 e. The number of hydrogen-bond acceptors (Lipinski definition) is 2. The number of fused-ring (bicyclic) bond motifs is 1. The van der Waals surface area contributed by atoms with Crippen molar-refractivity contribution in [3.8, 4) is 0 Å². The molecule has 3 rings (SSSR count). The molecule has 0 unspecified atom stereocenters. The molecule has 1 fully saturated rings. The lowest BCUT2D eigenvalue weighted by molar-refractivity contribution is -0.883. The van der Waals surface area contributed by atoms with Gasteiger partial charge in [0.15, 0.2) is 0 Å². The van der Waals surface area contributed by atoms with Gasteiger partial charge in [0.1, 0.15) is 0 Å². The number of quaternary nitrogens is 1. The van der Waals surface area contributed by atoms with Gasteiger partial charge in [0.05, 0.1) is 38.1 Å². The Bertz CT molecular complexity index is 719. The summed E-state index contributed by atoms with van der Waals surface area (Å²) in [5.41, 5.74) is 0. The molecule has 5 heteroatoms. The highest BCUT2D eigenvalue weighted by Gasteiger charge is 2.29. The monoisotopic (exact) mass is 291 g/mol. The van der Waals surface area contributed by atoms with Crippen molar-refractivity contribution in [2.45, 2.75) is 4.90 Å². The number of likely N-dealkylation sites (N-methyl/N-ethyl adjacent to an activating group) is 1. The van der Waals surface area contributed by atoms with Gasteiger partial charge in [0.2, 0.25) is 10.0 Å². The molecule has 1 saturated heterocycles. The predicted octanol–water partition coefficient (Wildman–Crippen LogP) is 0.359. The molecule has 0 aromatic heterocycles. The van der Waals surface area contributed by atoms with E-state index in [0.717, 1.165) is 23.9 Å². The van der Waals surface area contributed by atoms with Crippen LogP contribution < -0.4 is 4.90 Å². The van der Waals surface area contributed by atoms with Crippen LogP contribution >= 0.6 is 0 Å². The third-order valence-electron chi connectivity index (χ3n) is 3.93. The van der Waals surface area contributed by atoms with Crippen molar-refractivity contribution < 1.29 is 13.3 Å². The van der Waals surface area contributed by atoms with Gasteiger partial charge in [-0.05, 0) is 22.9 Å². The topological polar surface area (TPSA) is 41.8 Å². The first-order valence-electron chi connectivity index (χ1n) is 6.87. The fraction of sp³-hybridized carbons (Fsp3) is 0.333. The van der Waals surface area contributed by atoms with Crippen LogP contribution in [0.4, 0.5) is 0 Å². The molecule has 0 radical (unpaired) electrons. The van der Waals surface area contributed by atoms with Gasteiger partial charge < -0.3 is 4.90 Å². The highest BCUT2D eigenvalue weighted by atomic mass is 32.2. The molecule has 0 bridgehead atoms. The Morgan fingerprint density at radius 2 is 1.65 bits per heavy atom. The molecule has 20 heavy (non-hydrogen) atoms. The minimum atomic E-state index is -3.36. The van der Waals surface area contributed by atoms with Gasteiger partial charge in [-0.2, -0.15) is 4.31 Å². The summed E-state index contributed by atoms with van der Waals surface area (Å²) < 4.78 is 26.9. The summed E-state index contributed by atoms with van der Waals surface area (Å²) in [6.45, 7) is 2.93. The van der Waals surface area contributed by atoms with E-state index in [1.165, 1.54) is 4.90 Å². The Kier molecular flexibility index (Phi) is 3.50. The Balaban J connectivity index is 1.96. The van der Waals surface area contributed by atoms with Gasteiger partial charge in [-0.25, -0.2) is 8.42 Å². The first kappa shape index (κ1) is 13.5. The maximum Gasteiger partial charge on any atom is 0.243 e. The molecule has 1 aliphatic rings. The average molecular weight is 291 g/mol. The van der Waals surface area contributed by atoms with Crippen LogP contribution in [0.5, 0.6) is 0 Å². The third kappa shape index (κ3) is 2.44. The van der Waals surface area contributed by atoms with Crippen LogP contribution in [-0.2, 0) is 10.0 Å². The maximum absolute atomic E-state index is 12.7. The number of piperazine rings is 1. The summed E-state index contributed by atoms with van der Waals surface area (Å²) >= 11 is 0. The van der Waals surface area contributed by atoms with Crippen molar-refractivity contribution in [1.82, 2.24) is 4.31 Å². The molecule has 0 saturated carbocycles. The largest absolute Gasteiger partial charge is 0.335 e. The van der Waals surface area contributed by atoms with Crippen LogP contribution in [0.15, 0.2) is 47.4 Å². The lowest BCUT2D eigenvalue weighted by Gasteiger charge is -2.29. The highest BCUT2D eigenvalue weighted by molar-refractivity contribution is 7.89. The van der Waals surface area contributed by atoms with E-state index in [0.29, 0.717) is 18.0 Å². The molecule has 1 aliphatic heterocycles. The summed E-state index contributed by atoms with van der Waals surface area (Å²) in [5, 5.41) is 2.03. The number of sulfonamides is 1. The zero-order valence-electron chi connectivity index (χ0n) is 11.5. The fourth-order valence-corrected chi connectivity index (χ4v) is 4.06. The molecule has 106 valence electrons. The van der Waals surface area contributed by atoms with E-state index in [9.17, 15) is 8.42 Å². The number of nitrogens with zero attached hydrogens (tertiary/aromatic N) is 1. The van der Waals surface area contributed by atoms with E-state index in [1.54, 1.807) is 16.4 Å². The van der Waals surface area contributed by atoms with Crippen molar-refractivity contribution in [1.29, 1.82) is 0 Å². The first-order chi connectivity index (χ1) is 9.57. The zero-order valence-corrected chi connectivity index (χ0v) is 12.4. The van der Waals surface area contributed by atoms with Crippen molar-refractivity contribution in [2.75, 3.05) is 33.2 Å². The van der Waals surface area contributed by atoms with Crippen LogP contribution in [0, 0.1) is 0 Å². The Labute approximate surface area is 119 Å². The molecule has 2 aromatic carbocycles. The fourth-order valence-electron chi connectivity index (χ4n) is 2.59. The van der Waals surface area contributed by atoms with Crippen LogP contribution in [0.1, 0.15) is 0 Å². The lowest BCUT2D eigenvalue weighted by atomic mass is 10.1. The number of benzene rings is 2. The summed E-state index contributed by atoms with van der Waals surface area (Å²) in [6.07, 6.45) is 0. The molecule has 0 atom stereocenters. The van der Waals surface area contributed by atoms with E-state index >= 15 is 0 Å². The molecule has 0 aliphatic carbocycles. The molecule has 1 heterocycles. The highest BCUT2D eigenvalue weighted by Crippen LogP contribution is 2.21.